The van der Waals surface area contributed by atoms with E-state index in [9.17, 15) is 9.59 Å². The molecule has 0 aromatic carbocycles. The van der Waals surface area contributed by atoms with Gasteiger partial charge >= 0.3 is 5.97 Å². The second kappa shape index (κ2) is 6.64. The number of carbonyl (C=O) groups excluding carboxylic acids is 1. The summed E-state index contributed by atoms with van der Waals surface area (Å²) in [7, 11) is 0. The van der Waals surface area contributed by atoms with E-state index < -0.39 is 18.1 Å². The van der Waals surface area contributed by atoms with E-state index in [4.69, 9.17) is 15.6 Å². The fourth-order valence-corrected chi connectivity index (χ4v) is 2.07. The van der Waals surface area contributed by atoms with Crippen molar-refractivity contribution < 1.29 is 19.4 Å². The maximum Gasteiger partial charge on any atom is 0.320 e. The first-order valence-electron chi connectivity index (χ1n) is 6.74. The number of morpholine rings is 1. The Balaban J connectivity index is 1.99. The van der Waals surface area contributed by atoms with E-state index in [1.807, 2.05) is 0 Å². The van der Waals surface area contributed by atoms with Gasteiger partial charge in [0.1, 0.15) is 12.1 Å². The van der Waals surface area contributed by atoms with E-state index in [1.54, 1.807) is 18.0 Å². The van der Waals surface area contributed by atoms with Crippen LogP contribution in [0.2, 0.25) is 0 Å². The first-order chi connectivity index (χ1) is 9.99. The quantitative estimate of drug-likeness (QED) is 0.688. The third-order valence-electron chi connectivity index (χ3n) is 3.38. The van der Waals surface area contributed by atoms with Crippen molar-refractivity contribution in [1.29, 1.82) is 0 Å². The van der Waals surface area contributed by atoms with Crippen LogP contribution in [0.1, 0.15) is 18.7 Å². The van der Waals surface area contributed by atoms with Crippen molar-refractivity contribution in [3.63, 3.8) is 0 Å². The largest absolute Gasteiger partial charge is 0.480 e. The number of rotatable bonds is 5. The molecule has 9 heteroatoms. The highest BCUT2D eigenvalue weighted by molar-refractivity contribution is 5.80. The van der Waals surface area contributed by atoms with Crippen LogP contribution in [0.25, 0.3) is 0 Å². The van der Waals surface area contributed by atoms with E-state index in [0.29, 0.717) is 32.0 Å². The Bertz CT molecular complexity index is 512. The third kappa shape index (κ3) is 3.76. The van der Waals surface area contributed by atoms with Crippen LogP contribution in [0.5, 0.6) is 0 Å². The lowest BCUT2D eigenvalue weighted by Crippen LogP contribution is -2.43. The number of hydrogen-bond acceptors (Lipinski definition) is 6. The number of carboxylic acids is 1. The number of nitrogens with zero attached hydrogens (tertiary/aromatic N) is 4. The van der Waals surface area contributed by atoms with Gasteiger partial charge in [-0.15, -0.1) is 5.10 Å². The Kier molecular flexibility index (Phi) is 4.86. The minimum absolute atomic E-state index is 0.0581. The van der Waals surface area contributed by atoms with Gasteiger partial charge in [-0.25, -0.2) is 4.68 Å². The molecular formula is C12H19N5O4. The molecule has 0 spiro atoms. The van der Waals surface area contributed by atoms with Crippen LogP contribution >= 0.6 is 0 Å². The number of aromatic nitrogens is 3. The minimum atomic E-state index is -1.10. The molecule has 116 valence electrons. The van der Waals surface area contributed by atoms with Gasteiger partial charge in [0.05, 0.1) is 18.9 Å². The highest BCUT2D eigenvalue weighted by Crippen LogP contribution is 2.11. The van der Waals surface area contributed by atoms with Gasteiger partial charge in [-0.1, -0.05) is 5.21 Å². The van der Waals surface area contributed by atoms with Gasteiger partial charge in [-0.3, -0.25) is 9.59 Å². The topological polar surface area (TPSA) is 124 Å². The number of hydrogen-bond donors (Lipinski definition) is 2. The maximum absolute atomic E-state index is 12.3. The number of nitrogens with two attached hydrogens (primary N) is 1. The van der Waals surface area contributed by atoms with Gasteiger partial charge in [-0.2, -0.15) is 0 Å². The molecule has 0 radical (unpaired) electrons. The summed E-state index contributed by atoms with van der Waals surface area (Å²) in [5, 5.41) is 16.5. The predicted molar refractivity (Wildman–Crippen MR) is 71.4 cm³/mol. The predicted octanol–water partition coefficient (Wildman–Crippen LogP) is -1.35. The Hall–Kier alpha value is -2.00. The summed E-state index contributed by atoms with van der Waals surface area (Å²) in [4.78, 5) is 24.7. The summed E-state index contributed by atoms with van der Waals surface area (Å²) < 4.78 is 6.64. The number of aliphatic carboxylic acids is 1. The standard InChI is InChI=1S/C12H19N5O4/c1-8(11(18)16-2-4-21-5-3-16)17-7-9(14-15-17)6-10(13)12(19)20/h7-8,10H,2-6,13H2,1H3,(H,19,20). The van der Waals surface area contributed by atoms with Gasteiger partial charge < -0.3 is 20.5 Å². The highest BCUT2D eigenvalue weighted by Gasteiger charge is 2.25. The summed E-state index contributed by atoms with van der Waals surface area (Å²) >= 11 is 0. The summed E-state index contributed by atoms with van der Waals surface area (Å²) in [6.45, 7) is 3.93. The summed E-state index contributed by atoms with van der Waals surface area (Å²) in [6, 6.07) is -1.52. The van der Waals surface area contributed by atoms with Crippen LogP contribution in [0.15, 0.2) is 6.20 Å². The Morgan fingerprint density at radius 1 is 1.48 bits per heavy atom. The van der Waals surface area contributed by atoms with Gasteiger partial charge in [0.2, 0.25) is 5.91 Å². The molecule has 0 aliphatic carbocycles. The van der Waals surface area contributed by atoms with Gasteiger partial charge in [0.15, 0.2) is 0 Å². The molecular weight excluding hydrogens is 278 g/mol. The molecule has 1 amide bonds. The zero-order valence-corrected chi connectivity index (χ0v) is 11.8. The molecule has 1 aromatic heterocycles. The van der Waals surface area contributed by atoms with Crippen molar-refractivity contribution in [3.8, 4) is 0 Å². The SMILES string of the molecule is CC(C(=O)N1CCOCC1)n1cc(CC(N)C(=O)O)nn1. The molecule has 2 heterocycles. The number of ether oxygens (including phenoxy) is 1. The van der Waals surface area contributed by atoms with Crippen molar-refractivity contribution >= 4 is 11.9 Å². The fraction of sp³-hybridized carbons (Fsp3) is 0.667. The summed E-state index contributed by atoms with van der Waals surface area (Å²) in [5.41, 5.74) is 5.90. The molecule has 2 rings (SSSR count). The molecule has 1 aromatic rings. The molecule has 1 fully saturated rings. The van der Waals surface area contributed by atoms with Crippen LogP contribution in [-0.4, -0.2) is 69.2 Å². The van der Waals surface area contributed by atoms with E-state index in [0.717, 1.165) is 0 Å². The molecule has 21 heavy (non-hydrogen) atoms. The Morgan fingerprint density at radius 3 is 2.76 bits per heavy atom. The molecule has 2 unspecified atom stereocenters. The van der Waals surface area contributed by atoms with Crippen LogP contribution in [-0.2, 0) is 20.7 Å². The number of carboxylic acid groups (broad SMARTS) is 1. The van der Waals surface area contributed by atoms with Gasteiger partial charge in [0.25, 0.3) is 0 Å². The molecule has 0 bridgehead atoms. The van der Waals surface area contributed by atoms with E-state index in [2.05, 4.69) is 10.3 Å². The van der Waals surface area contributed by atoms with Crippen LogP contribution in [0.4, 0.5) is 0 Å². The second-order valence-electron chi connectivity index (χ2n) is 4.95. The first-order valence-corrected chi connectivity index (χ1v) is 6.74. The maximum atomic E-state index is 12.3. The first kappa shape index (κ1) is 15.4. The van der Waals surface area contributed by atoms with Crippen molar-refractivity contribution in [3.05, 3.63) is 11.9 Å². The van der Waals surface area contributed by atoms with Crippen LogP contribution in [0.3, 0.4) is 0 Å². The summed E-state index contributed by atoms with van der Waals surface area (Å²) in [5.74, 6) is -1.15. The van der Waals surface area contributed by atoms with Gasteiger partial charge in [-0.05, 0) is 6.92 Å². The second-order valence-corrected chi connectivity index (χ2v) is 4.95. The van der Waals surface area contributed by atoms with Crippen LogP contribution < -0.4 is 5.73 Å². The fourth-order valence-electron chi connectivity index (χ4n) is 2.07. The van der Waals surface area contributed by atoms with Gasteiger partial charge in [0, 0.05) is 25.7 Å². The van der Waals surface area contributed by atoms with Crippen molar-refractivity contribution in [2.45, 2.75) is 25.4 Å². The average Bonchev–Trinajstić information content (AvgIpc) is 2.95. The zero-order valence-electron chi connectivity index (χ0n) is 11.8. The normalized spacial score (nSPS) is 18.3. The number of amides is 1. The lowest BCUT2D eigenvalue weighted by atomic mass is 10.2. The Morgan fingerprint density at radius 2 is 2.14 bits per heavy atom. The molecule has 1 aliphatic heterocycles. The van der Waals surface area contributed by atoms with E-state index in [-0.39, 0.29) is 12.3 Å². The molecule has 1 aliphatic rings. The lowest BCUT2D eigenvalue weighted by molar-refractivity contribution is -0.139. The average molecular weight is 297 g/mol. The highest BCUT2D eigenvalue weighted by atomic mass is 16.5. The van der Waals surface area contributed by atoms with Crippen molar-refractivity contribution in [2.75, 3.05) is 26.3 Å². The molecule has 0 saturated carbocycles. The third-order valence-corrected chi connectivity index (χ3v) is 3.38. The summed E-state index contributed by atoms with van der Waals surface area (Å²) in [6.07, 6.45) is 1.64. The minimum Gasteiger partial charge on any atom is -0.480 e. The lowest BCUT2D eigenvalue weighted by Gasteiger charge is -2.29. The molecule has 2 atom stereocenters. The smallest absolute Gasteiger partial charge is 0.320 e. The van der Waals surface area contributed by atoms with Crippen molar-refractivity contribution in [1.82, 2.24) is 19.9 Å². The molecule has 1 saturated heterocycles. The number of carbonyl (C=O) groups is 2. The molecule has 3 N–H and O–H groups in total. The van der Waals surface area contributed by atoms with Crippen LogP contribution in [0, 0.1) is 0 Å². The van der Waals surface area contributed by atoms with Crippen molar-refractivity contribution in [2.24, 2.45) is 5.73 Å². The Labute approximate surface area is 121 Å². The van der Waals surface area contributed by atoms with E-state index in [1.165, 1.54) is 4.68 Å². The monoisotopic (exact) mass is 297 g/mol. The molecule has 9 nitrogen and oxygen atoms in total. The zero-order chi connectivity index (χ0) is 15.4. The van der Waals surface area contributed by atoms with E-state index >= 15 is 0 Å².